The van der Waals surface area contributed by atoms with Crippen molar-refractivity contribution < 1.29 is 0 Å². The third-order valence-electron chi connectivity index (χ3n) is 15.8. The fourth-order valence-corrected chi connectivity index (χ4v) is 12.6. The Morgan fingerprint density at radius 2 is 1.51 bits per heavy atom. The first-order valence-corrected chi connectivity index (χ1v) is 24.3. The van der Waals surface area contributed by atoms with E-state index >= 15 is 0 Å². The Labute approximate surface area is 391 Å². The lowest BCUT2D eigenvalue weighted by Crippen LogP contribution is -2.40. The summed E-state index contributed by atoms with van der Waals surface area (Å²) < 4.78 is 2.53. The van der Waals surface area contributed by atoms with Crippen LogP contribution in [0.15, 0.2) is 175 Å². The van der Waals surface area contributed by atoms with Crippen molar-refractivity contribution in [2.45, 2.75) is 69.7 Å². The van der Waals surface area contributed by atoms with Crippen LogP contribution < -0.4 is 25.9 Å². The second-order valence-corrected chi connectivity index (χ2v) is 19.8. The van der Waals surface area contributed by atoms with Gasteiger partial charge in [0.1, 0.15) is 0 Å². The molecule has 0 bridgehead atoms. The van der Waals surface area contributed by atoms with Crippen LogP contribution in [-0.2, 0) is 5.41 Å². The number of benzene rings is 6. The van der Waals surface area contributed by atoms with Crippen LogP contribution in [0.1, 0.15) is 80.5 Å². The number of para-hydroxylation sites is 2. The molecular weight excluding hydrogens is 813 g/mol. The van der Waals surface area contributed by atoms with Crippen LogP contribution in [-0.4, -0.2) is 20.6 Å². The highest BCUT2D eigenvalue weighted by molar-refractivity contribution is 5.95. The Morgan fingerprint density at radius 1 is 0.672 bits per heavy atom. The summed E-state index contributed by atoms with van der Waals surface area (Å²) in [5.41, 5.74) is 19.3. The SMILES string of the molecule is CC1(C)C2=C(CCC(N3c4ccc(C5C=c6c(n(C7=CC=CCC7)c7ccccc67)=CC5)cc4C4=c5ccccc5=CCC43)=C2)c2ccc(-c3nc(-c4ccccc4)c4ccccc4n3)cc21. The number of allylic oxidation sites excluding steroid dienone is 8. The minimum atomic E-state index is -0.185. The van der Waals surface area contributed by atoms with Gasteiger partial charge in [-0.25, -0.2) is 9.97 Å². The second kappa shape index (κ2) is 14.7. The zero-order valence-electron chi connectivity index (χ0n) is 38.0. The van der Waals surface area contributed by atoms with Gasteiger partial charge in [-0.15, -0.1) is 0 Å². The van der Waals surface area contributed by atoms with E-state index in [2.05, 4.69) is 205 Å². The monoisotopic (exact) mass is 862 g/mol. The predicted octanol–water partition coefficient (Wildman–Crippen LogP) is 11.9. The van der Waals surface area contributed by atoms with Crippen molar-refractivity contribution in [3.8, 4) is 22.6 Å². The fraction of sp³-hybridized carbons (Fsp3) is 0.175. The average Bonchev–Trinajstić information content (AvgIpc) is 3.98. The van der Waals surface area contributed by atoms with Gasteiger partial charge in [0.25, 0.3) is 0 Å². The number of rotatable bonds is 5. The van der Waals surface area contributed by atoms with Crippen LogP contribution in [0.25, 0.3) is 79.5 Å². The Kier molecular flexibility index (Phi) is 8.50. The van der Waals surface area contributed by atoms with Crippen LogP contribution >= 0.6 is 0 Å². The van der Waals surface area contributed by atoms with Gasteiger partial charge in [-0.05, 0) is 125 Å². The molecule has 5 aliphatic carbocycles. The molecule has 67 heavy (non-hydrogen) atoms. The molecule has 2 unspecified atom stereocenters. The van der Waals surface area contributed by atoms with E-state index in [0.717, 1.165) is 72.1 Å². The maximum atomic E-state index is 5.26. The molecule has 6 aliphatic rings. The van der Waals surface area contributed by atoms with Gasteiger partial charge in [0.15, 0.2) is 5.82 Å². The van der Waals surface area contributed by atoms with Crippen molar-refractivity contribution in [3.05, 3.63) is 218 Å². The first-order chi connectivity index (χ1) is 33.0. The van der Waals surface area contributed by atoms with E-state index in [9.17, 15) is 0 Å². The van der Waals surface area contributed by atoms with Crippen LogP contribution in [0, 0.1) is 0 Å². The topological polar surface area (TPSA) is 34.0 Å². The van der Waals surface area contributed by atoms with Gasteiger partial charge in [0, 0.05) is 66.4 Å². The van der Waals surface area contributed by atoms with Gasteiger partial charge in [0.2, 0.25) is 0 Å². The predicted molar refractivity (Wildman–Crippen MR) is 278 cm³/mol. The Hall–Kier alpha value is -7.56. The van der Waals surface area contributed by atoms with E-state index in [1.165, 1.54) is 88.0 Å². The van der Waals surface area contributed by atoms with Crippen molar-refractivity contribution in [1.82, 2.24) is 14.5 Å². The molecule has 8 aromatic rings. The fourth-order valence-electron chi connectivity index (χ4n) is 12.6. The molecule has 4 heteroatoms. The molecule has 0 amide bonds. The van der Waals surface area contributed by atoms with Gasteiger partial charge in [-0.3, -0.25) is 0 Å². The highest BCUT2D eigenvalue weighted by Crippen LogP contribution is 2.54. The third-order valence-corrected chi connectivity index (χ3v) is 15.8. The zero-order valence-corrected chi connectivity index (χ0v) is 38.0. The molecule has 2 atom stereocenters. The van der Waals surface area contributed by atoms with E-state index in [1.807, 2.05) is 0 Å². The van der Waals surface area contributed by atoms with Gasteiger partial charge in [0.05, 0.1) is 22.8 Å². The van der Waals surface area contributed by atoms with E-state index in [4.69, 9.17) is 9.97 Å². The molecule has 6 aromatic carbocycles. The highest BCUT2D eigenvalue weighted by Gasteiger charge is 2.42. The zero-order chi connectivity index (χ0) is 44.4. The smallest absolute Gasteiger partial charge is 0.160 e. The van der Waals surface area contributed by atoms with Crippen LogP contribution in [0.3, 0.4) is 0 Å². The van der Waals surface area contributed by atoms with Gasteiger partial charge in [-0.2, -0.15) is 0 Å². The summed E-state index contributed by atoms with van der Waals surface area (Å²) in [5.74, 6) is 1.07. The van der Waals surface area contributed by atoms with Crippen LogP contribution in [0.5, 0.6) is 0 Å². The maximum Gasteiger partial charge on any atom is 0.160 e. The van der Waals surface area contributed by atoms with Gasteiger partial charge < -0.3 is 9.47 Å². The molecule has 2 aromatic heterocycles. The van der Waals surface area contributed by atoms with Crippen molar-refractivity contribution >= 4 is 62.6 Å². The maximum absolute atomic E-state index is 5.26. The molecule has 322 valence electrons. The number of hydrogen-bond donors (Lipinski definition) is 0. The normalized spacial score (nSPS) is 19.6. The lowest BCUT2D eigenvalue weighted by Gasteiger charge is -2.34. The summed E-state index contributed by atoms with van der Waals surface area (Å²) in [5, 5.41) is 7.87. The largest absolute Gasteiger partial charge is 0.337 e. The molecule has 0 saturated carbocycles. The summed E-state index contributed by atoms with van der Waals surface area (Å²) in [6.45, 7) is 4.84. The molecule has 0 N–H and O–H groups in total. The molecule has 0 radical (unpaired) electrons. The Morgan fingerprint density at radius 3 is 2.40 bits per heavy atom. The van der Waals surface area contributed by atoms with E-state index in [0.29, 0.717) is 5.92 Å². The first kappa shape index (κ1) is 38.7. The summed E-state index contributed by atoms with van der Waals surface area (Å²) in [7, 11) is 0. The van der Waals surface area contributed by atoms with Crippen molar-refractivity contribution in [2.24, 2.45) is 0 Å². The number of fused-ring (bicyclic) bond motifs is 10. The number of anilines is 1. The molecule has 3 heterocycles. The van der Waals surface area contributed by atoms with Crippen molar-refractivity contribution in [1.29, 1.82) is 0 Å². The lowest BCUT2D eigenvalue weighted by atomic mass is 9.79. The molecule has 4 nitrogen and oxygen atoms in total. The average molecular weight is 863 g/mol. The summed E-state index contributed by atoms with van der Waals surface area (Å²) in [6, 6.07) is 51.7. The molecular formula is C63H50N4. The standard InChI is InChI=1S/C63H50N4/c1-63(2)53-37-43(62-64-55-23-13-11-22-50(55)61(65-62)40-16-5-3-6-17-40)25-30-47(53)48-31-29-45(38-54(48)63)67-58-33-28-42(36-52(58)60-46-20-10-9-15-39(46)26-34-59(60)67)41-27-32-57-51(35-41)49-21-12-14-24-56(49)66(57)44-18-7-4-8-19-44/h3-7,9-18,20-26,28,30,32-33,35-38,41,59H,8,19,27,29,31,34H2,1-2H3. The summed E-state index contributed by atoms with van der Waals surface area (Å²) in [4.78, 5) is 13.2. The Bertz CT molecular complexity index is 3850. The van der Waals surface area contributed by atoms with Crippen LogP contribution in [0.2, 0.25) is 0 Å². The number of nitrogens with zero attached hydrogens (tertiary/aromatic N) is 4. The van der Waals surface area contributed by atoms with E-state index in [-0.39, 0.29) is 11.5 Å². The van der Waals surface area contributed by atoms with Crippen molar-refractivity contribution in [2.75, 3.05) is 4.90 Å². The molecule has 0 saturated heterocycles. The minimum Gasteiger partial charge on any atom is -0.337 e. The molecule has 0 fully saturated rings. The summed E-state index contributed by atoms with van der Waals surface area (Å²) >= 11 is 0. The number of aromatic nitrogens is 3. The first-order valence-electron chi connectivity index (χ1n) is 24.3. The molecule has 14 rings (SSSR count). The third kappa shape index (κ3) is 5.85. The summed E-state index contributed by atoms with van der Waals surface area (Å²) in [6.07, 6.45) is 23.1. The van der Waals surface area contributed by atoms with E-state index in [1.54, 1.807) is 0 Å². The van der Waals surface area contributed by atoms with Crippen LogP contribution in [0.4, 0.5) is 5.69 Å². The molecule has 1 aliphatic heterocycles. The highest BCUT2D eigenvalue weighted by atomic mass is 15.2. The minimum absolute atomic E-state index is 0.185. The van der Waals surface area contributed by atoms with E-state index < -0.39 is 0 Å². The van der Waals surface area contributed by atoms with Gasteiger partial charge >= 0.3 is 0 Å². The number of hydrogen-bond acceptors (Lipinski definition) is 3. The van der Waals surface area contributed by atoms with Crippen molar-refractivity contribution in [3.63, 3.8) is 0 Å². The second-order valence-electron chi connectivity index (χ2n) is 19.8. The Balaban J connectivity index is 0.853. The molecule has 0 spiro atoms. The lowest BCUT2D eigenvalue weighted by molar-refractivity contribution is 0.645. The van der Waals surface area contributed by atoms with Gasteiger partial charge in [-0.1, -0.05) is 153 Å². The quantitative estimate of drug-likeness (QED) is 0.173.